The highest BCUT2D eigenvalue weighted by Gasteiger charge is 2.10. The van der Waals surface area contributed by atoms with Crippen molar-refractivity contribution in [3.05, 3.63) is 34.4 Å². The highest BCUT2D eigenvalue weighted by atomic mass is 35.5. The molecular weight excluding hydrogens is 318 g/mol. The Morgan fingerprint density at radius 1 is 1.29 bits per heavy atom. The van der Waals surface area contributed by atoms with Gasteiger partial charge in [0.15, 0.2) is 5.16 Å². The van der Waals surface area contributed by atoms with Gasteiger partial charge in [0.05, 0.1) is 0 Å². The van der Waals surface area contributed by atoms with Crippen molar-refractivity contribution in [1.29, 1.82) is 0 Å². The lowest BCUT2D eigenvalue weighted by Crippen LogP contribution is -2.10. The molecule has 0 saturated carbocycles. The number of nitrogen functional groups attached to an aromatic ring is 1. The molecule has 3 aromatic rings. The van der Waals surface area contributed by atoms with Crippen molar-refractivity contribution in [2.24, 2.45) is 0 Å². The van der Waals surface area contributed by atoms with Crippen LogP contribution in [0.3, 0.4) is 0 Å². The average Bonchev–Trinajstić information content (AvgIpc) is 2.90. The van der Waals surface area contributed by atoms with Gasteiger partial charge >= 0.3 is 0 Å². The molecule has 0 spiro atoms. The standard InChI is InChI=1S/C9H6ClN9OS/c10-6-16-7(19-3-12-2-13-19)18-9(17-6)21-8-14-4(11)1-5(20)15-8/h1-3H,(H3,11,14,15,20). The van der Waals surface area contributed by atoms with Gasteiger partial charge in [-0.1, -0.05) is 0 Å². The van der Waals surface area contributed by atoms with E-state index in [9.17, 15) is 4.79 Å². The number of nitrogens with two attached hydrogens (primary N) is 1. The maximum absolute atomic E-state index is 11.3. The second-order valence-electron chi connectivity index (χ2n) is 3.60. The Bertz CT molecular complexity index is 833. The van der Waals surface area contributed by atoms with Crippen molar-refractivity contribution in [2.45, 2.75) is 10.3 Å². The van der Waals surface area contributed by atoms with E-state index in [0.29, 0.717) is 0 Å². The highest BCUT2D eigenvalue weighted by Crippen LogP contribution is 2.21. The van der Waals surface area contributed by atoms with Gasteiger partial charge in [-0.25, -0.2) is 9.97 Å². The Hall–Kier alpha value is -2.53. The van der Waals surface area contributed by atoms with Crippen molar-refractivity contribution in [3.63, 3.8) is 0 Å². The van der Waals surface area contributed by atoms with E-state index in [4.69, 9.17) is 17.3 Å². The average molecular weight is 324 g/mol. The van der Waals surface area contributed by atoms with Crippen LogP contribution in [0.5, 0.6) is 0 Å². The largest absolute Gasteiger partial charge is 0.383 e. The van der Waals surface area contributed by atoms with Crippen LogP contribution in [0.2, 0.25) is 5.28 Å². The first-order valence-corrected chi connectivity index (χ1v) is 6.61. The first-order chi connectivity index (χ1) is 10.1. The smallest absolute Gasteiger partial charge is 0.257 e. The molecule has 0 saturated heterocycles. The normalized spacial score (nSPS) is 10.7. The number of hydrogen-bond acceptors (Lipinski definition) is 9. The zero-order valence-electron chi connectivity index (χ0n) is 10.1. The fourth-order valence-corrected chi connectivity index (χ4v) is 2.31. The summed E-state index contributed by atoms with van der Waals surface area (Å²) in [5.74, 6) is 0.291. The molecule has 3 rings (SSSR count). The highest BCUT2D eigenvalue weighted by molar-refractivity contribution is 7.99. The van der Waals surface area contributed by atoms with E-state index in [0.717, 1.165) is 11.8 Å². The molecule has 0 aliphatic heterocycles. The molecule has 0 radical (unpaired) electrons. The summed E-state index contributed by atoms with van der Waals surface area (Å²) in [7, 11) is 0. The van der Waals surface area contributed by atoms with E-state index >= 15 is 0 Å². The Labute approximate surface area is 125 Å². The second-order valence-corrected chi connectivity index (χ2v) is 4.90. The van der Waals surface area contributed by atoms with Crippen LogP contribution in [0, 0.1) is 0 Å². The van der Waals surface area contributed by atoms with Crippen LogP contribution in [0.25, 0.3) is 5.95 Å². The molecule has 0 amide bonds. The van der Waals surface area contributed by atoms with Gasteiger partial charge < -0.3 is 10.7 Å². The summed E-state index contributed by atoms with van der Waals surface area (Å²) in [6.45, 7) is 0. The topological polar surface area (TPSA) is 141 Å². The first-order valence-electron chi connectivity index (χ1n) is 5.41. The minimum Gasteiger partial charge on any atom is -0.383 e. The van der Waals surface area contributed by atoms with Gasteiger partial charge in [0, 0.05) is 6.07 Å². The van der Waals surface area contributed by atoms with Gasteiger partial charge in [-0.05, 0) is 23.4 Å². The molecule has 0 aromatic carbocycles. The van der Waals surface area contributed by atoms with E-state index in [-0.39, 0.29) is 32.9 Å². The molecule has 21 heavy (non-hydrogen) atoms. The summed E-state index contributed by atoms with van der Waals surface area (Å²) < 4.78 is 1.33. The van der Waals surface area contributed by atoms with E-state index in [1.54, 1.807) is 0 Å². The number of halogens is 1. The first kappa shape index (κ1) is 13.5. The maximum atomic E-state index is 11.3. The quantitative estimate of drug-likeness (QED) is 0.633. The number of nitrogens with one attached hydrogen (secondary N) is 1. The number of hydrogen-bond donors (Lipinski definition) is 2. The van der Waals surface area contributed by atoms with Crippen LogP contribution in [-0.2, 0) is 0 Å². The summed E-state index contributed by atoms with van der Waals surface area (Å²) in [6, 6.07) is 1.17. The predicted molar refractivity (Wildman–Crippen MR) is 73.1 cm³/mol. The van der Waals surface area contributed by atoms with E-state index in [1.165, 1.54) is 23.4 Å². The molecule has 3 N–H and O–H groups in total. The number of aromatic amines is 1. The Balaban J connectivity index is 1.97. The minimum absolute atomic E-state index is 0.0238. The molecule has 0 fully saturated rings. The summed E-state index contributed by atoms with van der Waals surface area (Å²) in [5.41, 5.74) is 5.13. The molecule has 0 aliphatic rings. The number of H-pyrrole nitrogens is 1. The molecule has 0 bridgehead atoms. The van der Waals surface area contributed by atoms with Crippen LogP contribution in [0.15, 0.2) is 33.8 Å². The molecule has 3 aromatic heterocycles. The summed E-state index contributed by atoms with van der Waals surface area (Å²) in [6.07, 6.45) is 2.75. The molecule has 106 valence electrons. The Morgan fingerprint density at radius 3 is 2.86 bits per heavy atom. The monoisotopic (exact) mass is 323 g/mol. The van der Waals surface area contributed by atoms with E-state index in [2.05, 4.69) is 35.0 Å². The molecule has 3 heterocycles. The fraction of sp³-hybridized carbons (Fsp3) is 0. The van der Waals surface area contributed by atoms with Gasteiger partial charge in [-0.15, -0.1) is 0 Å². The third-order valence-electron chi connectivity index (χ3n) is 2.13. The summed E-state index contributed by atoms with van der Waals surface area (Å²) in [4.78, 5) is 33.6. The Kier molecular flexibility index (Phi) is 3.50. The van der Waals surface area contributed by atoms with Gasteiger partial charge in [0.1, 0.15) is 18.5 Å². The lowest BCUT2D eigenvalue weighted by Gasteiger charge is -2.03. The second kappa shape index (κ2) is 5.46. The zero-order valence-corrected chi connectivity index (χ0v) is 11.7. The molecule has 0 atom stereocenters. The van der Waals surface area contributed by atoms with E-state index < -0.39 is 0 Å². The van der Waals surface area contributed by atoms with Crippen molar-refractivity contribution in [1.82, 2.24) is 39.7 Å². The predicted octanol–water partition coefficient (Wildman–Crippen LogP) is -0.0776. The minimum atomic E-state index is -0.373. The van der Waals surface area contributed by atoms with Crippen LogP contribution in [0.4, 0.5) is 5.82 Å². The molecule has 0 unspecified atom stereocenters. The van der Waals surface area contributed by atoms with Crippen molar-refractivity contribution < 1.29 is 0 Å². The van der Waals surface area contributed by atoms with Gasteiger partial charge in [-0.2, -0.15) is 24.7 Å². The van der Waals surface area contributed by atoms with Gasteiger partial charge in [-0.3, -0.25) is 4.79 Å². The number of nitrogens with zero attached hydrogens (tertiary/aromatic N) is 7. The third kappa shape index (κ3) is 3.14. The maximum Gasteiger partial charge on any atom is 0.257 e. The molecular formula is C9H6ClN9OS. The van der Waals surface area contributed by atoms with Gasteiger partial charge in [0.25, 0.3) is 11.5 Å². The Morgan fingerprint density at radius 2 is 2.14 bits per heavy atom. The van der Waals surface area contributed by atoms with E-state index in [1.807, 2.05) is 0 Å². The van der Waals surface area contributed by atoms with Crippen molar-refractivity contribution >= 4 is 29.2 Å². The number of aromatic nitrogens is 8. The molecule has 12 heteroatoms. The van der Waals surface area contributed by atoms with Crippen LogP contribution in [0.1, 0.15) is 0 Å². The summed E-state index contributed by atoms with van der Waals surface area (Å²) in [5, 5.41) is 4.34. The lowest BCUT2D eigenvalue weighted by molar-refractivity contribution is 0.756. The van der Waals surface area contributed by atoms with Crippen molar-refractivity contribution in [2.75, 3.05) is 5.73 Å². The number of rotatable bonds is 3. The van der Waals surface area contributed by atoms with Crippen LogP contribution < -0.4 is 11.3 Å². The van der Waals surface area contributed by atoms with Crippen molar-refractivity contribution in [3.8, 4) is 5.95 Å². The number of anilines is 1. The van der Waals surface area contributed by atoms with Crippen LogP contribution in [-0.4, -0.2) is 39.7 Å². The molecule has 10 nitrogen and oxygen atoms in total. The third-order valence-corrected chi connectivity index (χ3v) is 3.05. The molecule has 0 aliphatic carbocycles. The zero-order chi connectivity index (χ0) is 14.8. The lowest BCUT2D eigenvalue weighted by atomic mass is 10.6. The van der Waals surface area contributed by atoms with Crippen LogP contribution >= 0.6 is 23.4 Å². The fourth-order valence-electron chi connectivity index (χ4n) is 1.37. The SMILES string of the molecule is Nc1cc(=O)[nH]c(Sc2nc(Cl)nc(-n3cncn3)n2)n1. The van der Waals surface area contributed by atoms with Gasteiger partial charge in [0.2, 0.25) is 10.4 Å². The summed E-state index contributed by atoms with van der Waals surface area (Å²) >= 11 is 6.83.